The van der Waals surface area contributed by atoms with Gasteiger partial charge in [0.2, 0.25) is 0 Å². The van der Waals surface area contributed by atoms with Gasteiger partial charge in [0.1, 0.15) is 5.76 Å². The lowest BCUT2D eigenvalue weighted by atomic mass is 10.2. The van der Waals surface area contributed by atoms with Crippen molar-refractivity contribution < 1.29 is 4.42 Å². The molecule has 0 aromatic carbocycles. The minimum Gasteiger partial charge on any atom is -0.468 e. The molecule has 0 spiro atoms. The molecular formula is C13H16N2O. The van der Waals surface area contributed by atoms with Crippen LogP contribution in [0.3, 0.4) is 0 Å². The summed E-state index contributed by atoms with van der Waals surface area (Å²) in [6, 6.07) is 8.21. The van der Waals surface area contributed by atoms with Gasteiger partial charge in [-0.25, -0.2) is 0 Å². The van der Waals surface area contributed by atoms with Crippen LogP contribution in [0.15, 0.2) is 41.1 Å². The molecule has 3 heteroatoms. The summed E-state index contributed by atoms with van der Waals surface area (Å²) in [4.78, 5) is 4.26. The van der Waals surface area contributed by atoms with Crippen LogP contribution in [0.1, 0.15) is 30.0 Å². The van der Waals surface area contributed by atoms with Gasteiger partial charge in [-0.15, -0.1) is 0 Å². The number of furan rings is 1. The summed E-state index contributed by atoms with van der Waals surface area (Å²) in [5.41, 5.74) is 2.23. The highest BCUT2D eigenvalue weighted by molar-refractivity contribution is 5.13. The van der Waals surface area contributed by atoms with Crippen LogP contribution in [0, 0.1) is 6.92 Å². The highest BCUT2D eigenvalue weighted by Crippen LogP contribution is 2.12. The van der Waals surface area contributed by atoms with Crippen LogP contribution in [0.2, 0.25) is 0 Å². The molecule has 2 aromatic heterocycles. The molecule has 2 aromatic rings. The van der Waals surface area contributed by atoms with Gasteiger partial charge in [-0.3, -0.25) is 4.98 Å². The van der Waals surface area contributed by atoms with Gasteiger partial charge in [-0.1, -0.05) is 6.07 Å². The van der Waals surface area contributed by atoms with E-state index in [1.165, 1.54) is 5.56 Å². The second-order valence-electron chi connectivity index (χ2n) is 3.93. The smallest absolute Gasteiger partial charge is 0.120 e. The Balaban J connectivity index is 1.90. The lowest BCUT2D eigenvalue weighted by Crippen LogP contribution is -2.17. The summed E-state index contributed by atoms with van der Waals surface area (Å²) in [5, 5.41) is 3.39. The normalized spacial score (nSPS) is 12.6. The fraction of sp³-hybridized carbons (Fsp3) is 0.308. The van der Waals surface area contributed by atoms with E-state index in [1.54, 1.807) is 6.26 Å². The average molecular weight is 216 g/mol. The molecule has 0 aliphatic carbocycles. The van der Waals surface area contributed by atoms with Gasteiger partial charge < -0.3 is 9.73 Å². The second-order valence-corrected chi connectivity index (χ2v) is 3.93. The Kier molecular flexibility index (Phi) is 3.37. The molecule has 0 saturated carbocycles. The van der Waals surface area contributed by atoms with E-state index in [0.29, 0.717) is 0 Å². The molecule has 3 nitrogen and oxygen atoms in total. The van der Waals surface area contributed by atoms with Crippen molar-refractivity contribution in [3.8, 4) is 0 Å². The van der Waals surface area contributed by atoms with Crippen LogP contribution in [-0.2, 0) is 6.54 Å². The van der Waals surface area contributed by atoms with Crippen LogP contribution >= 0.6 is 0 Å². The topological polar surface area (TPSA) is 38.1 Å². The van der Waals surface area contributed by atoms with E-state index < -0.39 is 0 Å². The Hall–Kier alpha value is -1.61. The summed E-state index contributed by atoms with van der Waals surface area (Å²) in [6.07, 6.45) is 3.60. The first kappa shape index (κ1) is 10.9. The third kappa shape index (κ3) is 2.70. The fourth-order valence-corrected chi connectivity index (χ4v) is 1.51. The Bertz CT molecular complexity index is 420. The van der Waals surface area contributed by atoms with Crippen LogP contribution in [-0.4, -0.2) is 4.98 Å². The van der Waals surface area contributed by atoms with Crippen molar-refractivity contribution in [1.29, 1.82) is 0 Å². The summed E-state index contributed by atoms with van der Waals surface area (Å²) < 4.78 is 5.32. The predicted octanol–water partition coefficient (Wildman–Crippen LogP) is 2.83. The number of aryl methyl sites for hydroxylation is 1. The van der Waals surface area contributed by atoms with E-state index in [0.717, 1.165) is 18.0 Å². The van der Waals surface area contributed by atoms with Crippen LogP contribution in [0.4, 0.5) is 0 Å². The van der Waals surface area contributed by atoms with Crippen molar-refractivity contribution >= 4 is 0 Å². The quantitative estimate of drug-likeness (QED) is 0.854. The molecule has 0 bridgehead atoms. The third-order valence-electron chi connectivity index (χ3n) is 2.55. The maximum atomic E-state index is 5.32. The Morgan fingerprint density at radius 2 is 2.25 bits per heavy atom. The highest BCUT2D eigenvalue weighted by Gasteiger charge is 2.06. The SMILES string of the molecule is Cc1ccc(CNC(C)c2ccco2)cn1. The van der Waals surface area contributed by atoms with E-state index in [-0.39, 0.29) is 6.04 Å². The number of nitrogens with zero attached hydrogens (tertiary/aromatic N) is 1. The molecule has 0 amide bonds. The molecule has 0 aliphatic heterocycles. The van der Waals surface area contributed by atoms with Gasteiger partial charge in [-0.2, -0.15) is 0 Å². The zero-order valence-electron chi connectivity index (χ0n) is 9.60. The molecule has 84 valence electrons. The van der Waals surface area contributed by atoms with Crippen molar-refractivity contribution in [2.24, 2.45) is 0 Å². The van der Waals surface area contributed by atoms with E-state index in [9.17, 15) is 0 Å². The number of hydrogen-bond acceptors (Lipinski definition) is 3. The molecule has 2 heterocycles. The van der Waals surface area contributed by atoms with Crippen molar-refractivity contribution in [3.05, 3.63) is 53.7 Å². The minimum atomic E-state index is 0.219. The molecule has 1 N–H and O–H groups in total. The van der Waals surface area contributed by atoms with Crippen LogP contribution < -0.4 is 5.32 Å². The molecule has 0 radical (unpaired) electrons. The van der Waals surface area contributed by atoms with Crippen molar-refractivity contribution in [3.63, 3.8) is 0 Å². The van der Waals surface area contributed by atoms with Crippen molar-refractivity contribution in [1.82, 2.24) is 10.3 Å². The molecule has 0 aliphatic rings. The second kappa shape index (κ2) is 4.94. The summed E-state index contributed by atoms with van der Waals surface area (Å²) in [6.45, 7) is 4.87. The third-order valence-corrected chi connectivity index (χ3v) is 2.55. The standard InChI is InChI=1S/C13H16N2O/c1-10-5-6-12(8-14-10)9-15-11(2)13-4-3-7-16-13/h3-8,11,15H,9H2,1-2H3. The lowest BCUT2D eigenvalue weighted by Gasteiger charge is -2.10. The molecule has 1 atom stereocenters. The maximum absolute atomic E-state index is 5.32. The monoisotopic (exact) mass is 216 g/mol. The zero-order valence-corrected chi connectivity index (χ0v) is 9.60. The zero-order chi connectivity index (χ0) is 11.4. The van der Waals surface area contributed by atoms with E-state index in [4.69, 9.17) is 4.42 Å². The van der Waals surface area contributed by atoms with E-state index in [2.05, 4.69) is 23.3 Å². The molecule has 1 unspecified atom stereocenters. The summed E-state index contributed by atoms with van der Waals surface area (Å²) in [7, 11) is 0. The van der Waals surface area contributed by atoms with Gasteiger partial charge in [0.15, 0.2) is 0 Å². The predicted molar refractivity (Wildman–Crippen MR) is 62.9 cm³/mol. The first-order chi connectivity index (χ1) is 7.75. The van der Waals surface area contributed by atoms with Crippen molar-refractivity contribution in [2.45, 2.75) is 26.4 Å². The molecular weight excluding hydrogens is 200 g/mol. The molecule has 0 fully saturated rings. The first-order valence-corrected chi connectivity index (χ1v) is 5.44. The number of rotatable bonds is 4. The Labute approximate surface area is 95.5 Å². The summed E-state index contributed by atoms with van der Waals surface area (Å²) in [5.74, 6) is 0.958. The first-order valence-electron chi connectivity index (χ1n) is 5.44. The maximum Gasteiger partial charge on any atom is 0.120 e. The van der Waals surface area contributed by atoms with Gasteiger partial charge in [0.05, 0.1) is 12.3 Å². The minimum absolute atomic E-state index is 0.219. The van der Waals surface area contributed by atoms with Gasteiger partial charge >= 0.3 is 0 Å². The Morgan fingerprint density at radius 3 is 2.88 bits per heavy atom. The molecule has 2 rings (SSSR count). The number of aromatic nitrogens is 1. The molecule has 0 saturated heterocycles. The van der Waals surface area contributed by atoms with Gasteiger partial charge in [-0.05, 0) is 37.6 Å². The van der Waals surface area contributed by atoms with Crippen LogP contribution in [0.25, 0.3) is 0 Å². The largest absolute Gasteiger partial charge is 0.468 e. The van der Waals surface area contributed by atoms with E-state index in [1.807, 2.05) is 31.3 Å². The number of nitrogens with one attached hydrogen (secondary N) is 1. The van der Waals surface area contributed by atoms with E-state index >= 15 is 0 Å². The number of pyridine rings is 1. The van der Waals surface area contributed by atoms with Crippen LogP contribution in [0.5, 0.6) is 0 Å². The Morgan fingerprint density at radius 1 is 1.38 bits per heavy atom. The summed E-state index contributed by atoms with van der Waals surface area (Å²) >= 11 is 0. The average Bonchev–Trinajstić information content (AvgIpc) is 2.81. The lowest BCUT2D eigenvalue weighted by molar-refractivity contribution is 0.430. The van der Waals surface area contributed by atoms with Gasteiger partial charge in [0, 0.05) is 18.4 Å². The fourth-order valence-electron chi connectivity index (χ4n) is 1.51. The highest BCUT2D eigenvalue weighted by atomic mass is 16.3. The van der Waals surface area contributed by atoms with Crippen molar-refractivity contribution in [2.75, 3.05) is 0 Å². The van der Waals surface area contributed by atoms with Gasteiger partial charge in [0.25, 0.3) is 0 Å². The molecule has 16 heavy (non-hydrogen) atoms. The number of hydrogen-bond donors (Lipinski definition) is 1.